The van der Waals surface area contributed by atoms with Gasteiger partial charge >= 0.3 is 11.9 Å². The van der Waals surface area contributed by atoms with Crippen LogP contribution in [0.4, 0.5) is 0 Å². The van der Waals surface area contributed by atoms with E-state index in [1.54, 1.807) is 0 Å². The smallest absolute Gasteiger partial charge is 0.305 e. The Balaban J connectivity index is 3.15. The third-order valence-corrected chi connectivity index (χ3v) is 3.78. The lowest BCUT2D eigenvalue weighted by atomic mass is 10.1. The second-order valence-corrected chi connectivity index (χ2v) is 6.00. The van der Waals surface area contributed by atoms with Crippen molar-refractivity contribution >= 4 is 11.9 Å². The molecular formula is C18H34O4. The summed E-state index contributed by atoms with van der Waals surface area (Å²) >= 11 is 0. The van der Waals surface area contributed by atoms with E-state index in [-0.39, 0.29) is 12.4 Å². The Labute approximate surface area is 135 Å². The van der Waals surface area contributed by atoms with Gasteiger partial charge < -0.3 is 9.84 Å². The van der Waals surface area contributed by atoms with Gasteiger partial charge in [-0.1, -0.05) is 64.7 Å². The minimum absolute atomic E-state index is 0.0508. The number of carbonyl (C=O) groups is 2. The Hall–Kier alpha value is -1.06. The van der Waals surface area contributed by atoms with Crippen molar-refractivity contribution in [2.75, 3.05) is 6.61 Å². The lowest BCUT2D eigenvalue weighted by Gasteiger charge is -2.05. The summed E-state index contributed by atoms with van der Waals surface area (Å²) < 4.78 is 5.22. The zero-order valence-electron chi connectivity index (χ0n) is 14.3. The number of unbranched alkanes of at least 4 members (excludes halogenated alkanes) is 10. The highest BCUT2D eigenvalue weighted by atomic mass is 16.5. The Morgan fingerprint density at radius 1 is 0.727 bits per heavy atom. The van der Waals surface area contributed by atoms with Gasteiger partial charge in [0.2, 0.25) is 0 Å². The second kappa shape index (κ2) is 16.3. The van der Waals surface area contributed by atoms with Crippen LogP contribution in [0.25, 0.3) is 0 Å². The van der Waals surface area contributed by atoms with E-state index in [9.17, 15) is 9.59 Å². The van der Waals surface area contributed by atoms with Gasteiger partial charge in [0.25, 0.3) is 0 Å². The van der Waals surface area contributed by atoms with E-state index < -0.39 is 5.97 Å². The molecule has 0 unspecified atom stereocenters. The van der Waals surface area contributed by atoms with Crippen molar-refractivity contribution in [3.05, 3.63) is 0 Å². The molecule has 0 radical (unpaired) electrons. The molecule has 0 aromatic rings. The lowest BCUT2D eigenvalue weighted by Crippen LogP contribution is -2.05. The molecule has 0 saturated heterocycles. The van der Waals surface area contributed by atoms with Crippen molar-refractivity contribution < 1.29 is 19.4 Å². The summed E-state index contributed by atoms with van der Waals surface area (Å²) in [5.74, 6) is -0.752. The number of carbonyl (C=O) groups excluding carboxylic acids is 1. The molecule has 0 aliphatic heterocycles. The minimum Gasteiger partial charge on any atom is -0.481 e. The monoisotopic (exact) mass is 314 g/mol. The molecule has 0 atom stereocenters. The highest BCUT2D eigenvalue weighted by Gasteiger charge is 2.02. The van der Waals surface area contributed by atoms with Crippen LogP contribution >= 0.6 is 0 Å². The minimum atomic E-state index is -0.702. The molecule has 0 bridgehead atoms. The van der Waals surface area contributed by atoms with E-state index in [1.165, 1.54) is 19.3 Å². The zero-order chi connectivity index (χ0) is 16.5. The van der Waals surface area contributed by atoms with Crippen molar-refractivity contribution in [1.82, 2.24) is 0 Å². The summed E-state index contributed by atoms with van der Waals surface area (Å²) in [6, 6.07) is 0. The molecule has 0 rings (SSSR count). The average Bonchev–Trinajstić information content (AvgIpc) is 2.48. The lowest BCUT2D eigenvalue weighted by molar-refractivity contribution is -0.144. The number of hydrogen-bond donors (Lipinski definition) is 1. The molecule has 4 nitrogen and oxygen atoms in total. The number of aliphatic carboxylic acids is 1. The van der Waals surface area contributed by atoms with Gasteiger partial charge in [-0.2, -0.15) is 0 Å². The fourth-order valence-corrected chi connectivity index (χ4v) is 2.39. The van der Waals surface area contributed by atoms with Gasteiger partial charge in [0.15, 0.2) is 0 Å². The van der Waals surface area contributed by atoms with Crippen LogP contribution in [0, 0.1) is 0 Å². The summed E-state index contributed by atoms with van der Waals surface area (Å²) in [7, 11) is 0. The van der Waals surface area contributed by atoms with Crippen LogP contribution in [0.2, 0.25) is 0 Å². The molecule has 0 aliphatic carbocycles. The van der Waals surface area contributed by atoms with Crippen molar-refractivity contribution in [2.45, 2.75) is 96.8 Å². The van der Waals surface area contributed by atoms with Gasteiger partial charge in [-0.25, -0.2) is 0 Å². The Morgan fingerprint density at radius 2 is 1.23 bits per heavy atom. The predicted octanol–water partition coefficient (Wildman–Crippen LogP) is 5.10. The highest BCUT2D eigenvalue weighted by molar-refractivity contribution is 5.69. The molecule has 0 spiro atoms. The average molecular weight is 314 g/mol. The van der Waals surface area contributed by atoms with E-state index in [2.05, 4.69) is 6.92 Å². The van der Waals surface area contributed by atoms with Crippen LogP contribution in [-0.2, 0) is 14.3 Å². The van der Waals surface area contributed by atoms with Crippen LogP contribution in [0.1, 0.15) is 96.8 Å². The fourth-order valence-electron chi connectivity index (χ4n) is 2.39. The molecule has 22 heavy (non-hydrogen) atoms. The molecule has 0 fully saturated rings. The van der Waals surface area contributed by atoms with Gasteiger partial charge in [0, 0.05) is 12.8 Å². The van der Waals surface area contributed by atoms with Crippen molar-refractivity contribution in [1.29, 1.82) is 0 Å². The van der Waals surface area contributed by atoms with Crippen molar-refractivity contribution in [2.24, 2.45) is 0 Å². The number of hydrogen-bond acceptors (Lipinski definition) is 3. The maximum atomic E-state index is 11.5. The molecule has 0 aliphatic rings. The third kappa shape index (κ3) is 17.0. The number of carboxylic acid groups (broad SMARTS) is 1. The van der Waals surface area contributed by atoms with Crippen LogP contribution < -0.4 is 0 Å². The molecule has 0 aromatic heterocycles. The van der Waals surface area contributed by atoms with E-state index >= 15 is 0 Å². The van der Waals surface area contributed by atoms with Crippen LogP contribution in [0.15, 0.2) is 0 Å². The molecule has 1 N–H and O–H groups in total. The molecule has 0 saturated carbocycles. The number of carboxylic acids is 1. The molecule has 0 aromatic carbocycles. The number of rotatable bonds is 16. The maximum Gasteiger partial charge on any atom is 0.305 e. The van der Waals surface area contributed by atoms with Gasteiger partial charge in [-0.3, -0.25) is 9.59 Å². The molecule has 130 valence electrons. The molecule has 4 heteroatoms. The first kappa shape index (κ1) is 20.9. The van der Waals surface area contributed by atoms with E-state index in [4.69, 9.17) is 9.84 Å². The van der Waals surface area contributed by atoms with Gasteiger partial charge in [0.1, 0.15) is 0 Å². The standard InChI is InChI=1S/C18H34O4/c1-2-3-4-8-12-15-18(21)22-16-13-10-7-5-6-9-11-14-17(19)20/h2-16H2,1H3,(H,19,20). The van der Waals surface area contributed by atoms with Crippen molar-refractivity contribution in [3.63, 3.8) is 0 Å². The summed E-state index contributed by atoms with van der Waals surface area (Å²) in [6.45, 7) is 2.73. The van der Waals surface area contributed by atoms with E-state index in [0.717, 1.165) is 57.8 Å². The summed E-state index contributed by atoms with van der Waals surface area (Å²) in [5.41, 5.74) is 0. The van der Waals surface area contributed by atoms with E-state index in [0.29, 0.717) is 13.0 Å². The second-order valence-electron chi connectivity index (χ2n) is 6.00. The zero-order valence-corrected chi connectivity index (χ0v) is 14.3. The Bertz CT molecular complexity index is 276. The van der Waals surface area contributed by atoms with Crippen LogP contribution in [0.3, 0.4) is 0 Å². The van der Waals surface area contributed by atoms with Gasteiger partial charge in [-0.15, -0.1) is 0 Å². The number of esters is 1. The molecule has 0 heterocycles. The fraction of sp³-hybridized carbons (Fsp3) is 0.889. The van der Waals surface area contributed by atoms with Crippen LogP contribution in [-0.4, -0.2) is 23.7 Å². The Kier molecular flexibility index (Phi) is 15.5. The largest absolute Gasteiger partial charge is 0.481 e. The first-order valence-electron chi connectivity index (χ1n) is 9.04. The van der Waals surface area contributed by atoms with Gasteiger partial charge in [0.05, 0.1) is 6.61 Å². The van der Waals surface area contributed by atoms with Crippen molar-refractivity contribution in [3.8, 4) is 0 Å². The molecular weight excluding hydrogens is 280 g/mol. The normalized spacial score (nSPS) is 10.6. The van der Waals surface area contributed by atoms with Gasteiger partial charge in [-0.05, 0) is 19.3 Å². The number of ether oxygens (including phenoxy) is 1. The highest BCUT2D eigenvalue weighted by Crippen LogP contribution is 2.09. The van der Waals surface area contributed by atoms with E-state index in [1.807, 2.05) is 0 Å². The first-order chi connectivity index (χ1) is 10.7. The Morgan fingerprint density at radius 3 is 1.82 bits per heavy atom. The summed E-state index contributed by atoms with van der Waals surface area (Å²) in [5, 5.41) is 8.51. The van der Waals surface area contributed by atoms with Crippen LogP contribution in [0.5, 0.6) is 0 Å². The molecule has 0 amide bonds. The first-order valence-corrected chi connectivity index (χ1v) is 9.04. The predicted molar refractivity (Wildman–Crippen MR) is 88.9 cm³/mol. The SMILES string of the molecule is CCCCCCCC(=O)OCCCCCCCCCC(=O)O. The summed E-state index contributed by atoms with van der Waals surface area (Å²) in [4.78, 5) is 21.8. The maximum absolute atomic E-state index is 11.5. The topological polar surface area (TPSA) is 63.6 Å². The summed E-state index contributed by atoms with van der Waals surface area (Å²) in [6.07, 6.45) is 13.8. The quantitative estimate of drug-likeness (QED) is 0.318. The third-order valence-electron chi connectivity index (χ3n) is 3.78.